The number of benzodiazepines with no additional fused rings is 1. The summed E-state index contributed by atoms with van der Waals surface area (Å²) in [5.41, 5.74) is 3.46. The summed E-state index contributed by atoms with van der Waals surface area (Å²) in [6, 6.07) is 24.2. The molecule has 0 aliphatic carbocycles. The number of hydrogen-bond donors (Lipinski definition) is 3. The molecular weight excluding hydrogens is 454 g/mol. The Labute approximate surface area is 188 Å². The van der Waals surface area contributed by atoms with Crippen LogP contribution in [0.25, 0.3) is 0 Å². The molecule has 1 amide bonds. The Morgan fingerprint density at radius 3 is 2.45 bits per heavy atom. The van der Waals surface area contributed by atoms with Gasteiger partial charge in [0.15, 0.2) is 12.0 Å². The van der Waals surface area contributed by atoms with Gasteiger partial charge in [-0.15, -0.1) is 0 Å². The second-order valence-corrected chi connectivity index (χ2v) is 7.97. The minimum Gasteiger partial charge on any atom is -0.324 e. The first-order valence-electron chi connectivity index (χ1n) is 9.68. The van der Waals surface area contributed by atoms with Crippen LogP contribution in [0.4, 0.5) is 5.69 Å². The molecule has 3 aromatic rings. The average molecular weight is 474 g/mol. The van der Waals surface area contributed by atoms with E-state index in [0.717, 1.165) is 15.6 Å². The summed E-state index contributed by atoms with van der Waals surface area (Å²) in [4.78, 5) is 19.3. The highest BCUT2D eigenvalue weighted by atomic mass is 79.9. The lowest BCUT2D eigenvalue weighted by atomic mass is 10.0. The van der Waals surface area contributed by atoms with Gasteiger partial charge >= 0.3 is 0 Å². The van der Waals surface area contributed by atoms with E-state index >= 15 is 0 Å². The summed E-state index contributed by atoms with van der Waals surface area (Å²) < 4.78 is 0.786. The molecule has 0 saturated heterocycles. The number of rotatable bonds is 3. The molecule has 0 saturated carbocycles. The van der Waals surface area contributed by atoms with E-state index in [1.165, 1.54) is 4.90 Å². The van der Waals surface area contributed by atoms with Crippen LogP contribution in [0.3, 0.4) is 0 Å². The van der Waals surface area contributed by atoms with Crippen molar-refractivity contribution in [1.29, 1.82) is 10.8 Å². The van der Waals surface area contributed by atoms with Gasteiger partial charge in [-0.2, -0.15) is 0 Å². The number of anilines is 1. The molecule has 0 fully saturated rings. The minimum absolute atomic E-state index is 0.00854. The van der Waals surface area contributed by atoms with E-state index in [2.05, 4.69) is 21.2 Å². The Balaban J connectivity index is 1.83. The van der Waals surface area contributed by atoms with Gasteiger partial charge in [-0.1, -0.05) is 70.5 Å². The Hall–Kier alpha value is -3.58. The number of nitrogens with zero attached hydrogens (tertiary/aromatic N) is 2. The van der Waals surface area contributed by atoms with Crippen molar-refractivity contribution in [3.05, 3.63) is 100 Å². The van der Waals surface area contributed by atoms with Crippen molar-refractivity contribution in [2.45, 2.75) is 13.1 Å². The largest absolute Gasteiger partial charge is 0.324 e. The molecule has 3 aromatic carbocycles. The first-order chi connectivity index (χ1) is 15.0. The smallest absolute Gasteiger partial charge is 0.253 e. The van der Waals surface area contributed by atoms with Gasteiger partial charge in [0.2, 0.25) is 0 Å². The van der Waals surface area contributed by atoms with Gasteiger partial charge in [0.1, 0.15) is 5.84 Å². The van der Waals surface area contributed by atoms with Gasteiger partial charge in [-0.25, -0.2) is 0 Å². The second-order valence-electron chi connectivity index (χ2n) is 7.05. The molecule has 0 radical (unpaired) electrons. The van der Waals surface area contributed by atoms with E-state index in [4.69, 9.17) is 15.8 Å². The van der Waals surface area contributed by atoms with Gasteiger partial charge in [-0.3, -0.25) is 25.5 Å². The molecule has 4 rings (SSSR count). The lowest BCUT2D eigenvalue weighted by molar-refractivity contribution is 0.0947. The van der Waals surface area contributed by atoms with Crippen LogP contribution in [0, 0.1) is 10.8 Å². The normalized spacial score (nSPS) is 15.5. The highest BCUT2D eigenvalue weighted by molar-refractivity contribution is 9.10. The second kappa shape index (κ2) is 8.65. The molecule has 1 aliphatic heterocycles. The summed E-state index contributed by atoms with van der Waals surface area (Å²) in [6.07, 6.45) is -0.964. The lowest BCUT2D eigenvalue weighted by Crippen LogP contribution is -2.48. The predicted octanol–water partition coefficient (Wildman–Crippen LogP) is 4.84. The fraction of sp³-hybridized carbons (Fsp3) is 0.0833. The standard InChI is InChI=1S/C24H20BrN5O/c1-15(26)30-20-13-6-5-12-19(20)21(16-8-3-2-4-9-16)28-23(22(30)27)29-24(31)17-10-7-11-18(25)14-17/h2-14,23,26-27H,1H3,(H,29,31). The molecule has 1 aliphatic rings. The van der Waals surface area contributed by atoms with E-state index in [0.29, 0.717) is 17.0 Å². The lowest BCUT2D eigenvalue weighted by Gasteiger charge is -2.26. The van der Waals surface area contributed by atoms with Gasteiger partial charge in [0, 0.05) is 21.2 Å². The fourth-order valence-electron chi connectivity index (χ4n) is 3.51. The van der Waals surface area contributed by atoms with Crippen LogP contribution >= 0.6 is 15.9 Å². The van der Waals surface area contributed by atoms with Gasteiger partial charge < -0.3 is 5.32 Å². The third kappa shape index (κ3) is 4.18. The number of aliphatic imine (C=N–C) groups is 1. The van der Waals surface area contributed by atoms with Gasteiger partial charge in [0.25, 0.3) is 5.91 Å². The molecule has 1 unspecified atom stereocenters. The van der Waals surface area contributed by atoms with Crippen LogP contribution in [0.2, 0.25) is 0 Å². The Kier molecular flexibility index (Phi) is 5.77. The highest BCUT2D eigenvalue weighted by Crippen LogP contribution is 2.28. The predicted molar refractivity (Wildman–Crippen MR) is 128 cm³/mol. The summed E-state index contributed by atoms with van der Waals surface area (Å²) in [5.74, 6) is -0.168. The number of benzene rings is 3. The number of halogens is 1. The molecule has 0 aromatic heterocycles. The SMILES string of the molecule is CC(=N)N1C(=N)C(NC(=O)c2cccc(Br)c2)N=C(c2ccccc2)c2ccccc21. The maximum absolute atomic E-state index is 12.9. The van der Waals surface area contributed by atoms with Crippen molar-refractivity contribution in [2.24, 2.45) is 4.99 Å². The van der Waals surface area contributed by atoms with E-state index in [-0.39, 0.29) is 17.6 Å². The molecule has 31 heavy (non-hydrogen) atoms. The Morgan fingerprint density at radius 2 is 1.74 bits per heavy atom. The van der Waals surface area contributed by atoms with Crippen LogP contribution < -0.4 is 10.2 Å². The number of para-hydroxylation sites is 1. The third-order valence-electron chi connectivity index (χ3n) is 4.90. The first kappa shape index (κ1) is 20.7. The van der Waals surface area contributed by atoms with Crippen LogP contribution in [-0.4, -0.2) is 29.5 Å². The Morgan fingerprint density at radius 1 is 1.03 bits per heavy atom. The molecular formula is C24H20BrN5O. The zero-order chi connectivity index (χ0) is 22.0. The molecule has 0 spiro atoms. The van der Waals surface area contributed by atoms with Crippen LogP contribution in [0.15, 0.2) is 88.3 Å². The number of amides is 1. The van der Waals surface area contributed by atoms with E-state index < -0.39 is 6.17 Å². The summed E-state index contributed by atoms with van der Waals surface area (Å²) >= 11 is 3.38. The molecule has 1 heterocycles. The number of carbonyl (C=O) groups is 1. The number of amidine groups is 2. The van der Waals surface area contributed by atoms with Crippen molar-refractivity contribution in [2.75, 3.05) is 4.90 Å². The number of carbonyl (C=O) groups excluding carboxylic acids is 1. The number of fused-ring (bicyclic) bond motifs is 1. The van der Waals surface area contributed by atoms with Crippen molar-refractivity contribution < 1.29 is 4.79 Å². The Bertz CT molecular complexity index is 1210. The zero-order valence-electron chi connectivity index (χ0n) is 16.8. The zero-order valence-corrected chi connectivity index (χ0v) is 18.3. The van der Waals surface area contributed by atoms with E-state index in [1.54, 1.807) is 25.1 Å². The molecule has 6 nitrogen and oxygen atoms in total. The maximum atomic E-state index is 12.9. The van der Waals surface area contributed by atoms with E-state index in [9.17, 15) is 4.79 Å². The molecule has 1 atom stereocenters. The average Bonchev–Trinajstić information content (AvgIpc) is 2.89. The molecule has 3 N–H and O–H groups in total. The van der Waals surface area contributed by atoms with Gasteiger partial charge in [-0.05, 0) is 31.2 Å². The van der Waals surface area contributed by atoms with E-state index in [1.807, 2.05) is 60.7 Å². The van der Waals surface area contributed by atoms with Crippen molar-refractivity contribution >= 4 is 44.9 Å². The highest BCUT2D eigenvalue weighted by Gasteiger charge is 2.31. The first-order valence-corrected chi connectivity index (χ1v) is 10.5. The van der Waals surface area contributed by atoms with Crippen LogP contribution in [0.1, 0.15) is 28.4 Å². The fourth-order valence-corrected chi connectivity index (χ4v) is 3.91. The van der Waals surface area contributed by atoms with Crippen LogP contribution in [0.5, 0.6) is 0 Å². The van der Waals surface area contributed by atoms with Crippen molar-refractivity contribution in [3.8, 4) is 0 Å². The number of nitrogens with one attached hydrogen (secondary N) is 3. The quantitative estimate of drug-likeness (QED) is 0.375. The minimum atomic E-state index is -0.964. The number of hydrogen-bond acceptors (Lipinski definition) is 4. The summed E-state index contributed by atoms with van der Waals surface area (Å²) in [5, 5.41) is 20.0. The topological polar surface area (TPSA) is 92.4 Å². The summed E-state index contributed by atoms with van der Waals surface area (Å²) in [7, 11) is 0. The summed E-state index contributed by atoms with van der Waals surface area (Å²) in [6.45, 7) is 1.62. The molecule has 0 bridgehead atoms. The maximum Gasteiger partial charge on any atom is 0.253 e. The van der Waals surface area contributed by atoms with Crippen LogP contribution in [-0.2, 0) is 0 Å². The molecule has 154 valence electrons. The van der Waals surface area contributed by atoms with Gasteiger partial charge in [0.05, 0.1) is 11.4 Å². The van der Waals surface area contributed by atoms with Crippen molar-refractivity contribution in [1.82, 2.24) is 5.32 Å². The third-order valence-corrected chi connectivity index (χ3v) is 5.39. The monoisotopic (exact) mass is 473 g/mol. The molecule has 7 heteroatoms. The van der Waals surface area contributed by atoms with Crippen molar-refractivity contribution in [3.63, 3.8) is 0 Å².